The second-order valence-corrected chi connectivity index (χ2v) is 5.71. The molecule has 1 aromatic rings. The van der Waals surface area contributed by atoms with E-state index in [0.29, 0.717) is 5.92 Å². The Morgan fingerprint density at radius 3 is 2.88 bits per heavy atom. The highest BCUT2D eigenvalue weighted by Gasteiger charge is 2.25. The maximum absolute atomic E-state index is 4.80. The zero-order valence-corrected chi connectivity index (χ0v) is 11.0. The van der Waals surface area contributed by atoms with E-state index < -0.39 is 0 Å². The summed E-state index contributed by atoms with van der Waals surface area (Å²) in [6.07, 6.45) is 4.82. The van der Waals surface area contributed by atoms with Crippen molar-refractivity contribution in [2.45, 2.75) is 59.3 Å². The molecule has 16 heavy (non-hydrogen) atoms. The van der Waals surface area contributed by atoms with E-state index in [1.165, 1.54) is 36.5 Å². The van der Waals surface area contributed by atoms with Crippen molar-refractivity contribution < 1.29 is 0 Å². The average molecular weight is 220 g/mol. The highest BCUT2D eigenvalue weighted by Crippen LogP contribution is 2.33. The maximum Gasteiger partial charge on any atom is 0.106 e. The van der Waals surface area contributed by atoms with Crippen LogP contribution in [-0.4, -0.2) is 9.97 Å². The summed E-state index contributed by atoms with van der Waals surface area (Å²) in [6, 6.07) is 0. The van der Waals surface area contributed by atoms with Crippen molar-refractivity contribution in [3.63, 3.8) is 0 Å². The number of aromatic nitrogens is 2. The normalized spacial score (nSPS) is 26.5. The quantitative estimate of drug-likeness (QED) is 0.827. The van der Waals surface area contributed by atoms with Gasteiger partial charge in [-0.3, -0.25) is 0 Å². The number of nitrogens with zero attached hydrogens (tertiary/aromatic N) is 1. The fourth-order valence-electron chi connectivity index (χ4n) is 2.76. The lowest BCUT2D eigenvalue weighted by Crippen LogP contribution is -2.14. The predicted molar refractivity (Wildman–Crippen MR) is 67.6 cm³/mol. The van der Waals surface area contributed by atoms with E-state index >= 15 is 0 Å². The smallest absolute Gasteiger partial charge is 0.106 e. The lowest BCUT2D eigenvalue weighted by atomic mass is 9.84. The lowest BCUT2D eigenvalue weighted by molar-refractivity contribution is 0.440. The third-order valence-corrected chi connectivity index (χ3v) is 3.87. The van der Waals surface area contributed by atoms with Gasteiger partial charge in [-0.25, -0.2) is 4.98 Å². The Morgan fingerprint density at radius 1 is 1.44 bits per heavy atom. The third kappa shape index (κ3) is 2.31. The van der Waals surface area contributed by atoms with E-state index in [2.05, 4.69) is 32.7 Å². The van der Waals surface area contributed by atoms with Gasteiger partial charge >= 0.3 is 0 Å². The van der Waals surface area contributed by atoms with E-state index in [4.69, 9.17) is 4.98 Å². The fraction of sp³-hybridized carbons (Fsp3) is 0.786. The number of aromatic amines is 1. The van der Waals surface area contributed by atoms with Crippen molar-refractivity contribution in [1.82, 2.24) is 9.97 Å². The molecule has 0 saturated heterocycles. The first-order chi connectivity index (χ1) is 7.60. The highest BCUT2D eigenvalue weighted by molar-refractivity contribution is 5.22. The van der Waals surface area contributed by atoms with Crippen molar-refractivity contribution in [3.05, 3.63) is 17.2 Å². The van der Waals surface area contributed by atoms with Gasteiger partial charge in [-0.15, -0.1) is 0 Å². The summed E-state index contributed by atoms with van der Waals surface area (Å²) < 4.78 is 0. The van der Waals surface area contributed by atoms with Crippen molar-refractivity contribution in [3.8, 4) is 0 Å². The van der Waals surface area contributed by atoms with E-state index in [1.807, 2.05) is 0 Å². The standard InChI is InChI=1S/C14H24N2/c1-5-9(2)8-13-15-12-7-10(3)6-11(4)14(12)16-13/h9-11H,5-8H2,1-4H3,(H,15,16). The lowest BCUT2D eigenvalue weighted by Gasteiger charge is -2.22. The summed E-state index contributed by atoms with van der Waals surface area (Å²) in [6.45, 7) is 9.20. The topological polar surface area (TPSA) is 28.7 Å². The van der Waals surface area contributed by atoms with Crippen molar-refractivity contribution >= 4 is 0 Å². The zero-order valence-electron chi connectivity index (χ0n) is 11.0. The van der Waals surface area contributed by atoms with E-state index in [1.54, 1.807) is 0 Å². The van der Waals surface area contributed by atoms with Gasteiger partial charge in [0.05, 0.1) is 5.69 Å². The summed E-state index contributed by atoms with van der Waals surface area (Å²) >= 11 is 0. The van der Waals surface area contributed by atoms with E-state index in [9.17, 15) is 0 Å². The molecule has 0 saturated carbocycles. The molecule has 0 fully saturated rings. The number of hydrogen-bond donors (Lipinski definition) is 1. The summed E-state index contributed by atoms with van der Waals surface area (Å²) in [4.78, 5) is 8.35. The van der Waals surface area contributed by atoms with Crippen LogP contribution in [0.25, 0.3) is 0 Å². The molecule has 2 rings (SSSR count). The monoisotopic (exact) mass is 220 g/mol. The molecule has 90 valence electrons. The molecule has 1 aromatic heterocycles. The zero-order chi connectivity index (χ0) is 11.7. The first-order valence-electron chi connectivity index (χ1n) is 6.67. The number of H-pyrrole nitrogens is 1. The Kier molecular flexibility index (Phi) is 3.36. The van der Waals surface area contributed by atoms with Crippen LogP contribution in [0.4, 0.5) is 0 Å². The van der Waals surface area contributed by atoms with Gasteiger partial charge in [0.15, 0.2) is 0 Å². The first-order valence-corrected chi connectivity index (χ1v) is 6.67. The minimum atomic E-state index is 0.640. The van der Waals surface area contributed by atoms with Gasteiger partial charge in [-0.05, 0) is 24.7 Å². The van der Waals surface area contributed by atoms with Crippen LogP contribution in [-0.2, 0) is 12.8 Å². The summed E-state index contributed by atoms with van der Waals surface area (Å²) in [7, 11) is 0. The van der Waals surface area contributed by atoms with Crippen molar-refractivity contribution in [2.24, 2.45) is 11.8 Å². The molecule has 1 aliphatic rings. The molecule has 1 heterocycles. The molecule has 0 amide bonds. The Labute approximate surface area is 98.9 Å². The number of imidazole rings is 1. The van der Waals surface area contributed by atoms with Crippen LogP contribution in [0.3, 0.4) is 0 Å². The largest absolute Gasteiger partial charge is 0.346 e. The van der Waals surface area contributed by atoms with Gasteiger partial charge < -0.3 is 4.98 Å². The summed E-state index contributed by atoms with van der Waals surface area (Å²) in [5.41, 5.74) is 2.75. The molecule has 0 aromatic carbocycles. The Balaban J connectivity index is 2.16. The average Bonchev–Trinajstić information content (AvgIpc) is 2.60. The van der Waals surface area contributed by atoms with Crippen LogP contribution in [0, 0.1) is 11.8 Å². The molecule has 0 bridgehead atoms. The van der Waals surface area contributed by atoms with Gasteiger partial charge in [0.2, 0.25) is 0 Å². The van der Waals surface area contributed by atoms with Gasteiger partial charge in [0, 0.05) is 18.0 Å². The van der Waals surface area contributed by atoms with Crippen molar-refractivity contribution in [2.75, 3.05) is 0 Å². The molecular weight excluding hydrogens is 196 g/mol. The molecule has 3 atom stereocenters. The van der Waals surface area contributed by atoms with Crippen molar-refractivity contribution in [1.29, 1.82) is 0 Å². The van der Waals surface area contributed by atoms with Crippen LogP contribution in [0.15, 0.2) is 0 Å². The number of nitrogens with one attached hydrogen (secondary N) is 1. The summed E-state index contributed by atoms with van der Waals surface area (Å²) in [5, 5.41) is 0. The molecule has 0 radical (unpaired) electrons. The minimum Gasteiger partial charge on any atom is -0.346 e. The summed E-state index contributed by atoms with van der Waals surface area (Å²) in [5.74, 6) is 3.39. The molecular formula is C14H24N2. The molecule has 2 heteroatoms. The van der Waals surface area contributed by atoms with Crippen LogP contribution in [0.5, 0.6) is 0 Å². The number of hydrogen-bond acceptors (Lipinski definition) is 1. The predicted octanol–water partition coefficient (Wildman–Crippen LogP) is 3.68. The Morgan fingerprint density at radius 2 is 2.19 bits per heavy atom. The van der Waals surface area contributed by atoms with Crippen LogP contribution in [0.2, 0.25) is 0 Å². The second-order valence-electron chi connectivity index (χ2n) is 5.71. The number of fused-ring (bicyclic) bond motifs is 1. The maximum atomic E-state index is 4.80. The van der Waals surface area contributed by atoms with Gasteiger partial charge in [0.25, 0.3) is 0 Å². The molecule has 1 aliphatic carbocycles. The van der Waals surface area contributed by atoms with Crippen LogP contribution >= 0.6 is 0 Å². The molecule has 0 aliphatic heterocycles. The fourth-order valence-corrected chi connectivity index (χ4v) is 2.76. The van der Waals surface area contributed by atoms with Crippen LogP contribution < -0.4 is 0 Å². The first kappa shape index (κ1) is 11.7. The molecule has 1 N–H and O–H groups in total. The van der Waals surface area contributed by atoms with Crippen LogP contribution in [0.1, 0.15) is 63.7 Å². The van der Waals surface area contributed by atoms with E-state index in [-0.39, 0.29) is 0 Å². The van der Waals surface area contributed by atoms with Gasteiger partial charge in [0.1, 0.15) is 5.82 Å². The molecule has 0 spiro atoms. The molecule has 3 unspecified atom stereocenters. The highest BCUT2D eigenvalue weighted by atomic mass is 14.9. The van der Waals surface area contributed by atoms with E-state index in [0.717, 1.165) is 18.3 Å². The SMILES string of the molecule is CCC(C)Cc1nc2c([nH]1)CC(C)CC2C. The Bertz CT molecular complexity index is 354. The third-order valence-electron chi connectivity index (χ3n) is 3.87. The minimum absolute atomic E-state index is 0.640. The number of rotatable bonds is 3. The molecule has 2 nitrogen and oxygen atoms in total. The van der Waals surface area contributed by atoms with Gasteiger partial charge in [-0.2, -0.15) is 0 Å². The second kappa shape index (κ2) is 4.60. The van der Waals surface area contributed by atoms with Gasteiger partial charge in [-0.1, -0.05) is 34.1 Å². The Hall–Kier alpha value is -0.790.